The first-order valence-corrected chi connectivity index (χ1v) is 12.2. The maximum atomic E-state index is 12.7. The Morgan fingerprint density at radius 2 is 1.86 bits per heavy atom. The van der Waals surface area contributed by atoms with Crippen molar-refractivity contribution in [2.45, 2.75) is 20.3 Å². The molecule has 36 heavy (non-hydrogen) atoms. The molecular formula is C25H23ClN2O7S. The fraction of sp³-hybridized carbons (Fsp3) is 0.240. The number of fused-ring (bicyclic) bond motifs is 1. The van der Waals surface area contributed by atoms with E-state index in [4.69, 9.17) is 36.3 Å². The molecule has 3 aromatic rings. The normalized spacial score (nSPS) is 11.8. The Balaban J connectivity index is 1.50. The van der Waals surface area contributed by atoms with Crippen LogP contribution >= 0.6 is 22.9 Å². The largest absolute Gasteiger partial charge is 0.462 e. The molecule has 0 bridgehead atoms. The molecule has 0 aliphatic carbocycles. The highest BCUT2D eigenvalue weighted by Crippen LogP contribution is 2.37. The molecule has 1 aromatic heterocycles. The van der Waals surface area contributed by atoms with Crippen LogP contribution in [-0.4, -0.2) is 37.9 Å². The molecule has 0 saturated heterocycles. The van der Waals surface area contributed by atoms with Crippen molar-refractivity contribution in [1.29, 1.82) is 0 Å². The van der Waals surface area contributed by atoms with Gasteiger partial charge in [-0.1, -0.05) is 17.7 Å². The number of benzene rings is 2. The Morgan fingerprint density at radius 3 is 2.61 bits per heavy atom. The first-order valence-electron chi connectivity index (χ1n) is 11.0. The van der Waals surface area contributed by atoms with Crippen molar-refractivity contribution >= 4 is 51.5 Å². The number of nitrogen functional groups attached to an aromatic ring is 1. The van der Waals surface area contributed by atoms with Crippen LogP contribution in [0, 0.1) is 6.92 Å². The molecule has 0 unspecified atom stereocenters. The minimum atomic E-state index is -0.768. The Labute approximate surface area is 216 Å². The number of thiophene rings is 1. The van der Waals surface area contributed by atoms with Crippen LogP contribution in [0.3, 0.4) is 0 Å². The highest BCUT2D eigenvalue weighted by atomic mass is 35.5. The van der Waals surface area contributed by atoms with Crippen molar-refractivity contribution in [3.8, 4) is 11.5 Å². The van der Waals surface area contributed by atoms with Crippen LogP contribution in [0.1, 0.15) is 43.6 Å². The molecule has 2 heterocycles. The van der Waals surface area contributed by atoms with Gasteiger partial charge in [0, 0.05) is 22.0 Å². The lowest BCUT2D eigenvalue weighted by molar-refractivity contribution is -0.119. The van der Waals surface area contributed by atoms with Crippen molar-refractivity contribution in [3.63, 3.8) is 0 Å². The summed E-state index contributed by atoms with van der Waals surface area (Å²) < 4.78 is 21.1. The highest BCUT2D eigenvalue weighted by Gasteiger charge is 2.25. The molecule has 3 N–H and O–H groups in total. The molecule has 0 radical (unpaired) electrons. The van der Waals surface area contributed by atoms with Crippen molar-refractivity contribution in [1.82, 2.24) is 0 Å². The van der Waals surface area contributed by atoms with Crippen LogP contribution in [0.15, 0.2) is 36.4 Å². The van der Waals surface area contributed by atoms with Gasteiger partial charge >= 0.3 is 11.9 Å². The van der Waals surface area contributed by atoms with Gasteiger partial charge in [-0.2, -0.15) is 0 Å². The summed E-state index contributed by atoms with van der Waals surface area (Å²) in [5.41, 5.74) is 7.93. The van der Waals surface area contributed by atoms with E-state index in [9.17, 15) is 14.4 Å². The van der Waals surface area contributed by atoms with E-state index in [0.29, 0.717) is 33.5 Å². The number of nitrogens with one attached hydrogen (secondary N) is 1. The van der Waals surface area contributed by atoms with Gasteiger partial charge in [0.05, 0.1) is 17.7 Å². The van der Waals surface area contributed by atoms with Crippen LogP contribution in [0.2, 0.25) is 5.02 Å². The molecule has 0 atom stereocenters. The third-order valence-electron chi connectivity index (χ3n) is 5.35. The van der Waals surface area contributed by atoms with E-state index in [1.165, 1.54) is 29.5 Å². The van der Waals surface area contributed by atoms with Gasteiger partial charge in [0.15, 0.2) is 18.1 Å². The number of hydrogen-bond acceptors (Lipinski definition) is 9. The van der Waals surface area contributed by atoms with Crippen LogP contribution in [0.5, 0.6) is 11.5 Å². The highest BCUT2D eigenvalue weighted by molar-refractivity contribution is 7.17. The zero-order valence-corrected chi connectivity index (χ0v) is 21.1. The number of anilines is 2. The van der Waals surface area contributed by atoms with Gasteiger partial charge in [0.1, 0.15) is 5.00 Å². The number of carbonyl (C=O) groups is 3. The van der Waals surface area contributed by atoms with Crippen LogP contribution in [-0.2, 0) is 20.7 Å². The molecule has 2 aromatic carbocycles. The second-order valence-corrected chi connectivity index (χ2v) is 9.34. The topological polar surface area (TPSA) is 126 Å². The first-order chi connectivity index (χ1) is 17.3. The van der Waals surface area contributed by atoms with E-state index in [-0.39, 0.29) is 30.2 Å². The average molecular weight is 531 g/mol. The van der Waals surface area contributed by atoms with Crippen LogP contribution in [0.4, 0.5) is 10.7 Å². The van der Waals surface area contributed by atoms with E-state index in [0.717, 1.165) is 10.4 Å². The van der Waals surface area contributed by atoms with Gasteiger partial charge in [0.25, 0.3) is 5.91 Å². The molecule has 0 saturated carbocycles. The molecule has 1 aliphatic rings. The number of hydrogen-bond donors (Lipinski definition) is 2. The van der Waals surface area contributed by atoms with Crippen molar-refractivity contribution < 1.29 is 33.3 Å². The number of halogens is 1. The Kier molecular flexibility index (Phi) is 7.66. The summed E-state index contributed by atoms with van der Waals surface area (Å²) >= 11 is 7.10. The first kappa shape index (κ1) is 25.3. The molecule has 1 amide bonds. The van der Waals surface area contributed by atoms with E-state index in [1.807, 2.05) is 18.2 Å². The fourth-order valence-corrected chi connectivity index (χ4v) is 5.02. The molecule has 9 nitrogen and oxygen atoms in total. The second kappa shape index (κ2) is 10.9. The van der Waals surface area contributed by atoms with E-state index >= 15 is 0 Å². The van der Waals surface area contributed by atoms with Gasteiger partial charge in [-0.25, -0.2) is 9.59 Å². The molecule has 1 aliphatic heterocycles. The second-order valence-electron chi connectivity index (χ2n) is 7.80. The van der Waals surface area contributed by atoms with Gasteiger partial charge < -0.3 is 30.0 Å². The predicted octanol–water partition coefficient (Wildman–Crippen LogP) is 4.58. The molecule has 0 spiro atoms. The Hall–Kier alpha value is -3.76. The lowest BCUT2D eigenvalue weighted by atomic mass is 10.1. The molecule has 4 rings (SSSR count). The van der Waals surface area contributed by atoms with Crippen molar-refractivity contribution in [2.75, 3.05) is 31.1 Å². The third-order valence-corrected chi connectivity index (χ3v) is 6.79. The maximum Gasteiger partial charge on any atom is 0.341 e. The number of rotatable bonds is 8. The van der Waals surface area contributed by atoms with Crippen LogP contribution in [0.25, 0.3) is 0 Å². The molecular weight excluding hydrogens is 508 g/mol. The van der Waals surface area contributed by atoms with Crippen molar-refractivity contribution in [3.05, 3.63) is 68.6 Å². The molecule has 11 heteroatoms. The quantitative estimate of drug-likeness (QED) is 0.320. The van der Waals surface area contributed by atoms with E-state index in [2.05, 4.69) is 5.32 Å². The van der Waals surface area contributed by atoms with E-state index in [1.54, 1.807) is 13.8 Å². The molecule has 188 valence electrons. The monoisotopic (exact) mass is 530 g/mol. The molecule has 0 fully saturated rings. The number of ether oxygens (including phenoxy) is 4. The number of nitrogens with two attached hydrogens (primary N) is 1. The summed E-state index contributed by atoms with van der Waals surface area (Å²) in [7, 11) is 0. The Bertz CT molecular complexity index is 1340. The van der Waals surface area contributed by atoms with Gasteiger partial charge in [-0.15, -0.1) is 11.3 Å². The minimum Gasteiger partial charge on any atom is -0.462 e. The number of amides is 1. The summed E-state index contributed by atoms with van der Waals surface area (Å²) in [5.74, 6) is -0.599. The Morgan fingerprint density at radius 1 is 1.08 bits per heavy atom. The summed E-state index contributed by atoms with van der Waals surface area (Å²) in [6, 6.07) is 9.96. The maximum absolute atomic E-state index is 12.7. The van der Waals surface area contributed by atoms with Gasteiger partial charge in [-0.3, -0.25) is 4.79 Å². The smallest absolute Gasteiger partial charge is 0.341 e. The SMILES string of the molecule is CCOC(=O)c1c(NC(=O)COC(=O)c2ccc(Cl)cc2N)sc(Cc2ccc3c(c2)OCO3)c1C. The minimum absolute atomic E-state index is 0.0948. The zero-order valence-electron chi connectivity index (χ0n) is 19.5. The predicted molar refractivity (Wildman–Crippen MR) is 135 cm³/mol. The summed E-state index contributed by atoms with van der Waals surface area (Å²) in [4.78, 5) is 38.5. The number of carbonyl (C=O) groups excluding carboxylic acids is 3. The average Bonchev–Trinajstić information content (AvgIpc) is 3.41. The lowest BCUT2D eigenvalue weighted by Crippen LogP contribution is -2.22. The summed E-state index contributed by atoms with van der Waals surface area (Å²) in [6.45, 7) is 3.28. The van der Waals surface area contributed by atoms with Crippen LogP contribution < -0.4 is 20.5 Å². The fourth-order valence-electron chi connectivity index (χ4n) is 3.59. The lowest BCUT2D eigenvalue weighted by Gasteiger charge is -2.09. The summed E-state index contributed by atoms with van der Waals surface area (Å²) in [5, 5.41) is 3.36. The number of esters is 2. The standard InChI is InChI=1S/C25H23ClN2O7S/c1-3-32-25(31)22-13(2)20(9-14-4-7-18-19(8-14)35-12-34-18)36-23(22)28-21(29)11-33-24(30)16-6-5-15(26)10-17(16)27/h4-8,10H,3,9,11-12,27H2,1-2H3,(H,28,29). The van der Waals surface area contributed by atoms with Gasteiger partial charge in [0.2, 0.25) is 6.79 Å². The van der Waals surface area contributed by atoms with E-state index < -0.39 is 24.5 Å². The van der Waals surface area contributed by atoms with Crippen molar-refractivity contribution in [2.24, 2.45) is 0 Å². The van der Waals surface area contributed by atoms with Gasteiger partial charge in [-0.05, 0) is 55.3 Å². The zero-order chi connectivity index (χ0) is 25.8. The third kappa shape index (κ3) is 5.55. The summed E-state index contributed by atoms with van der Waals surface area (Å²) in [6.07, 6.45) is 0.500.